The second-order valence-corrected chi connectivity index (χ2v) is 9.90. The van der Waals surface area contributed by atoms with Gasteiger partial charge in [0.1, 0.15) is 12.1 Å². The number of nitrogens with one attached hydrogen (secondary N) is 2. The Labute approximate surface area is 204 Å². The lowest BCUT2D eigenvalue weighted by Gasteiger charge is -2.17. The number of carbonyl (C=O) groups excluding carboxylic acids is 1. The number of rotatable bonds is 7. The van der Waals surface area contributed by atoms with Crippen molar-refractivity contribution in [1.29, 1.82) is 0 Å². The standard InChI is InChI=1S/C25H23F2N3O4S/c1-15-3-10-21(29-22(15)17-6-4-16(5-7-17)14-28-35(2)32)30-23(31)24(11-12-24)18-8-9-19-20(13-18)34-25(26,27)33-19/h3-10,13,28H,11-12,14H2,1-2H3,(H,29,30,31). The number of aromatic nitrogens is 1. The SMILES string of the molecule is Cc1ccc(NC(=O)C2(c3ccc4c(c3)OC(F)(F)O4)CC2)nc1-c1ccc(CN[S+](C)[O-])cc1. The summed E-state index contributed by atoms with van der Waals surface area (Å²) in [4.78, 5) is 17.9. The highest BCUT2D eigenvalue weighted by Crippen LogP contribution is 2.52. The molecule has 1 aromatic heterocycles. The van der Waals surface area contributed by atoms with Crippen LogP contribution in [0.5, 0.6) is 11.5 Å². The van der Waals surface area contributed by atoms with Crippen LogP contribution in [0.15, 0.2) is 54.6 Å². The van der Waals surface area contributed by atoms with E-state index in [1.165, 1.54) is 12.1 Å². The zero-order valence-corrected chi connectivity index (χ0v) is 19.9. The van der Waals surface area contributed by atoms with Crippen molar-refractivity contribution < 1.29 is 27.6 Å². The van der Waals surface area contributed by atoms with Gasteiger partial charge in [-0.15, -0.1) is 13.5 Å². The molecule has 2 aliphatic rings. The maximum Gasteiger partial charge on any atom is 0.586 e. The van der Waals surface area contributed by atoms with E-state index in [2.05, 4.69) is 24.5 Å². The normalized spacial score (nSPS) is 17.6. The van der Waals surface area contributed by atoms with Gasteiger partial charge in [-0.1, -0.05) is 36.4 Å². The number of benzene rings is 2. The number of amides is 1. The first kappa shape index (κ1) is 23.5. The first-order valence-corrected chi connectivity index (χ1v) is 12.6. The summed E-state index contributed by atoms with van der Waals surface area (Å²) in [5.41, 5.74) is 3.33. The van der Waals surface area contributed by atoms with Gasteiger partial charge in [0, 0.05) is 16.9 Å². The van der Waals surface area contributed by atoms with Crippen molar-refractivity contribution in [1.82, 2.24) is 9.71 Å². The maximum atomic E-state index is 13.4. The highest BCUT2D eigenvalue weighted by atomic mass is 32.2. The summed E-state index contributed by atoms with van der Waals surface area (Å²) in [5.74, 6) is 0.0244. The fourth-order valence-corrected chi connectivity index (χ4v) is 4.48. The Kier molecular flexibility index (Phi) is 5.90. The number of hydrogen-bond donors (Lipinski definition) is 2. The van der Waals surface area contributed by atoms with Crippen LogP contribution >= 0.6 is 0 Å². The van der Waals surface area contributed by atoms with E-state index < -0.39 is 23.1 Å². The van der Waals surface area contributed by atoms with Crippen LogP contribution in [0.25, 0.3) is 11.3 Å². The van der Waals surface area contributed by atoms with E-state index in [9.17, 15) is 18.1 Å². The van der Waals surface area contributed by atoms with Crippen LogP contribution in [0.4, 0.5) is 14.6 Å². The number of carbonyl (C=O) groups is 1. The summed E-state index contributed by atoms with van der Waals surface area (Å²) in [6.07, 6.45) is -0.943. The van der Waals surface area contributed by atoms with Gasteiger partial charge in [-0.3, -0.25) is 4.79 Å². The molecular formula is C25H23F2N3O4S. The second kappa shape index (κ2) is 8.78. The molecule has 1 saturated carbocycles. The van der Waals surface area contributed by atoms with Crippen molar-refractivity contribution in [2.75, 3.05) is 11.6 Å². The smallest absolute Gasteiger partial charge is 0.586 e. The van der Waals surface area contributed by atoms with Gasteiger partial charge in [0.15, 0.2) is 11.5 Å². The van der Waals surface area contributed by atoms with Crippen molar-refractivity contribution in [3.05, 3.63) is 71.3 Å². The molecule has 3 aromatic rings. The third-order valence-corrected chi connectivity index (χ3v) is 6.73. The number of aryl methyl sites for hydroxylation is 1. The van der Waals surface area contributed by atoms with Gasteiger partial charge in [-0.25, -0.2) is 4.98 Å². The molecule has 0 saturated heterocycles. The molecule has 7 nitrogen and oxygen atoms in total. The minimum Gasteiger partial charge on any atom is -0.598 e. The van der Waals surface area contributed by atoms with Gasteiger partial charge in [0.2, 0.25) is 5.91 Å². The van der Waals surface area contributed by atoms with Crippen molar-refractivity contribution in [3.63, 3.8) is 0 Å². The Bertz CT molecular complexity index is 1280. The molecule has 5 rings (SSSR count). The largest absolute Gasteiger partial charge is 0.598 e. The average molecular weight is 500 g/mol. The van der Waals surface area contributed by atoms with E-state index in [0.29, 0.717) is 30.8 Å². The molecule has 0 radical (unpaired) electrons. The summed E-state index contributed by atoms with van der Waals surface area (Å²) < 4.78 is 49.9. The van der Waals surface area contributed by atoms with Gasteiger partial charge >= 0.3 is 6.29 Å². The molecule has 10 heteroatoms. The fraction of sp³-hybridized carbons (Fsp3) is 0.280. The summed E-state index contributed by atoms with van der Waals surface area (Å²) in [6.45, 7) is 2.43. The first-order chi connectivity index (χ1) is 16.6. The van der Waals surface area contributed by atoms with Crippen molar-refractivity contribution in [2.24, 2.45) is 0 Å². The Balaban J connectivity index is 1.33. The van der Waals surface area contributed by atoms with Gasteiger partial charge in [0.05, 0.1) is 17.7 Å². The maximum absolute atomic E-state index is 13.4. The van der Waals surface area contributed by atoms with E-state index in [-0.39, 0.29) is 17.4 Å². The number of alkyl halides is 2. The lowest BCUT2D eigenvalue weighted by atomic mass is 9.94. The van der Waals surface area contributed by atoms with E-state index in [1.54, 1.807) is 18.4 Å². The summed E-state index contributed by atoms with van der Waals surface area (Å²) in [7, 11) is 0. The topological polar surface area (TPSA) is 95.5 Å². The predicted molar refractivity (Wildman–Crippen MR) is 128 cm³/mol. The van der Waals surface area contributed by atoms with Crippen molar-refractivity contribution in [2.45, 2.75) is 38.0 Å². The molecular weight excluding hydrogens is 476 g/mol. The second-order valence-electron chi connectivity index (χ2n) is 8.70. The van der Waals surface area contributed by atoms with E-state index in [0.717, 1.165) is 22.4 Å². The molecule has 182 valence electrons. The van der Waals surface area contributed by atoms with Crippen LogP contribution in [-0.2, 0) is 28.1 Å². The lowest BCUT2D eigenvalue weighted by molar-refractivity contribution is -0.286. The highest BCUT2D eigenvalue weighted by Gasteiger charge is 2.53. The number of nitrogens with zero attached hydrogens (tertiary/aromatic N) is 1. The molecule has 1 aliphatic heterocycles. The van der Waals surface area contributed by atoms with E-state index in [4.69, 9.17) is 0 Å². The molecule has 1 unspecified atom stereocenters. The van der Waals surface area contributed by atoms with Crippen LogP contribution in [0, 0.1) is 6.92 Å². The molecule has 2 aromatic carbocycles. The number of hydrogen-bond acceptors (Lipinski definition) is 6. The number of ether oxygens (including phenoxy) is 2. The molecule has 1 amide bonds. The molecule has 35 heavy (non-hydrogen) atoms. The molecule has 2 heterocycles. The van der Waals surface area contributed by atoms with Gasteiger partial charge in [-0.2, -0.15) is 0 Å². The lowest BCUT2D eigenvalue weighted by Crippen LogP contribution is -2.28. The zero-order valence-electron chi connectivity index (χ0n) is 19.1. The molecule has 2 N–H and O–H groups in total. The number of fused-ring (bicyclic) bond motifs is 1. The van der Waals surface area contributed by atoms with Crippen LogP contribution < -0.4 is 19.5 Å². The van der Waals surface area contributed by atoms with Crippen molar-refractivity contribution >= 4 is 23.1 Å². The average Bonchev–Trinajstić information content (AvgIpc) is 3.56. The van der Waals surface area contributed by atoms with Crippen molar-refractivity contribution in [3.8, 4) is 22.8 Å². The Morgan fingerprint density at radius 3 is 2.49 bits per heavy atom. The molecule has 0 bridgehead atoms. The van der Waals surface area contributed by atoms with Crippen LogP contribution in [0.1, 0.15) is 29.5 Å². The summed E-state index contributed by atoms with van der Waals surface area (Å²) in [6, 6.07) is 15.8. The third-order valence-electron chi connectivity index (χ3n) is 6.18. The van der Waals surface area contributed by atoms with Gasteiger partial charge in [-0.05, 0) is 54.7 Å². The van der Waals surface area contributed by atoms with Crippen LogP contribution in [-0.4, -0.2) is 28.0 Å². The number of halogens is 2. The summed E-state index contributed by atoms with van der Waals surface area (Å²) >= 11 is -1.09. The van der Waals surface area contributed by atoms with E-state index >= 15 is 0 Å². The number of anilines is 1. The summed E-state index contributed by atoms with van der Waals surface area (Å²) in [5, 5.41) is 2.89. The monoisotopic (exact) mass is 499 g/mol. The van der Waals surface area contributed by atoms with Gasteiger partial charge in [0.25, 0.3) is 0 Å². The molecule has 1 fully saturated rings. The minimum absolute atomic E-state index is 0.0513. The Hall–Kier alpha value is -3.21. The molecule has 1 atom stereocenters. The van der Waals surface area contributed by atoms with E-state index in [1.807, 2.05) is 37.3 Å². The Morgan fingerprint density at radius 1 is 1.09 bits per heavy atom. The molecule has 0 spiro atoms. The van der Waals surface area contributed by atoms with Gasteiger partial charge < -0.3 is 19.3 Å². The minimum atomic E-state index is -3.70. The number of pyridine rings is 1. The predicted octanol–water partition coefficient (Wildman–Crippen LogP) is 4.43. The Morgan fingerprint density at radius 2 is 1.80 bits per heavy atom. The fourth-order valence-electron chi connectivity index (χ4n) is 4.11. The zero-order chi connectivity index (χ0) is 24.8. The van der Waals surface area contributed by atoms with Crippen LogP contribution in [0.2, 0.25) is 0 Å². The third kappa shape index (κ3) is 4.82. The first-order valence-electron chi connectivity index (χ1n) is 11.0. The quantitative estimate of drug-likeness (QED) is 0.467. The van der Waals surface area contributed by atoms with Crippen LogP contribution in [0.3, 0.4) is 0 Å². The highest BCUT2D eigenvalue weighted by molar-refractivity contribution is 7.88. The molecule has 1 aliphatic carbocycles.